The number of carbonyl (C=O) groups excluding carboxylic acids is 1. The Labute approximate surface area is 239 Å². The summed E-state index contributed by atoms with van der Waals surface area (Å²) < 4.78 is 23.4. The van der Waals surface area contributed by atoms with Crippen molar-refractivity contribution in [3.05, 3.63) is 95.2 Å². The van der Waals surface area contributed by atoms with E-state index >= 15 is 0 Å². The van der Waals surface area contributed by atoms with Gasteiger partial charge in [0.05, 0.1) is 49.5 Å². The van der Waals surface area contributed by atoms with Crippen molar-refractivity contribution < 1.29 is 19.0 Å². The minimum atomic E-state index is -1.18. The number of carbonyl (C=O) groups is 1. The number of halogens is 1. The zero-order chi connectivity index (χ0) is 28.8. The van der Waals surface area contributed by atoms with Gasteiger partial charge in [0.2, 0.25) is 0 Å². The summed E-state index contributed by atoms with van der Waals surface area (Å²) in [5.41, 5.74) is 2.12. The molecule has 2 saturated heterocycles. The maximum absolute atomic E-state index is 13.3. The highest BCUT2D eigenvalue weighted by Gasteiger charge is 2.35. The number of aromatic nitrogens is 6. The molecule has 0 bridgehead atoms. The van der Waals surface area contributed by atoms with Crippen LogP contribution in [0.5, 0.6) is 0 Å². The molecular formula is C30H28FN7O4. The SMILES string of the molecule is O=C(c1ccc(F)cc1)N1CCC(O)(Cn2cnc3c(cnn3-c3ccc(-c4cnn(C5COC5)c4)cc3)c2=O)CC1. The van der Waals surface area contributed by atoms with Crippen LogP contribution in [0, 0.1) is 5.82 Å². The number of ether oxygens (including phenoxy) is 1. The lowest BCUT2D eigenvalue weighted by molar-refractivity contribution is -0.0299. The van der Waals surface area contributed by atoms with Crippen LogP contribution < -0.4 is 5.56 Å². The summed E-state index contributed by atoms with van der Waals surface area (Å²) in [7, 11) is 0. The van der Waals surface area contributed by atoms with Gasteiger partial charge in [0, 0.05) is 30.4 Å². The average molecular weight is 570 g/mol. The summed E-state index contributed by atoms with van der Waals surface area (Å²) in [6.45, 7) is 2.05. The molecule has 0 spiro atoms. The fourth-order valence-electron chi connectivity index (χ4n) is 5.48. The zero-order valence-electron chi connectivity index (χ0n) is 22.6. The number of nitrogens with zero attached hydrogens (tertiary/aromatic N) is 7. The maximum Gasteiger partial charge on any atom is 0.264 e. The molecule has 0 saturated carbocycles. The lowest BCUT2D eigenvalue weighted by atomic mass is 9.91. The van der Waals surface area contributed by atoms with Crippen LogP contribution in [-0.4, -0.2) is 76.9 Å². The molecule has 7 rings (SSSR count). The van der Waals surface area contributed by atoms with Gasteiger partial charge in [-0.1, -0.05) is 12.1 Å². The van der Waals surface area contributed by atoms with E-state index in [2.05, 4.69) is 15.2 Å². The zero-order valence-corrected chi connectivity index (χ0v) is 22.6. The number of rotatable bonds is 6. The molecule has 12 heteroatoms. The van der Waals surface area contributed by atoms with Crippen LogP contribution in [0.4, 0.5) is 4.39 Å². The first-order valence-corrected chi connectivity index (χ1v) is 13.8. The van der Waals surface area contributed by atoms with Crippen molar-refractivity contribution in [1.29, 1.82) is 0 Å². The molecule has 0 unspecified atom stereocenters. The Morgan fingerprint density at radius 2 is 1.74 bits per heavy atom. The third kappa shape index (κ3) is 4.78. The van der Waals surface area contributed by atoms with Crippen molar-refractivity contribution in [2.24, 2.45) is 0 Å². The predicted molar refractivity (Wildman–Crippen MR) is 151 cm³/mol. The van der Waals surface area contributed by atoms with Gasteiger partial charge in [-0.05, 0) is 54.8 Å². The van der Waals surface area contributed by atoms with Gasteiger partial charge < -0.3 is 14.7 Å². The lowest BCUT2D eigenvalue weighted by Gasteiger charge is -2.38. The summed E-state index contributed by atoms with van der Waals surface area (Å²) in [5, 5.41) is 20.5. The summed E-state index contributed by atoms with van der Waals surface area (Å²) in [6, 6.07) is 13.5. The van der Waals surface area contributed by atoms with Crippen molar-refractivity contribution in [3.8, 4) is 16.8 Å². The predicted octanol–water partition coefficient (Wildman–Crippen LogP) is 2.82. The topological polar surface area (TPSA) is 120 Å². The van der Waals surface area contributed by atoms with Crippen LogP contribution in [0.25, 0.3) is 27.8 Å². The van der Waals surface area contributed by atoms with Gasteiger partial charge in [0.1, 0.15) is 17.5 Å². The molecular weight excluding hydrogens is 541 g/mol. The Balaban J connectivity index is 1.05. The van der Waals surface area contributed by atoms with Crippen molar-refractivity contribution in [2.75, 3.05) is 26.3 Å². The molecule has 1 N–H and O–H groups in total. The minimum absolute atomic E-state index is 0.0495. The smallest absolute Gasteiger partial charge is 0.264 e. The van der Waals surface area contributed by atoms with E-state index in [-0.39, 0.29) is 24.1 Å². The highest BCUT2D eigenvalue weighted by atomic mass is 19.1. The van der Waals surface area contributed by atoms with E-state index in [1.165, 1.54) is 41.4 Å². The summed E-state index contributed by atoms with van der Waals surface area (Å²) >= 11 is 0. The molecule has 0 radical (unpaired) electrons. The number of likely N-dealkylation sites (tertiary alicyclic amines) is 1. The van der Waals surface area contributed by atoms with Gasteiger partial charge in [0.25, 0.3) is 11.5 Å². The highest BCUT2D eigenvalue weighted by Crippen LogP contribution is 2.27. The molecule has 2 fully saturated rings. The first kappa shape index (κ1) is 26.2. The largest absolute Gasteiger partial charge is 0.388 e. The summed E-state index contributed by atoms with van der Waals surface area (Å²) in [6.07, 6.45) is 7.36. The molecule has 5 heterocycles. The molecule has 2 aliphatic rings. The highest BCUT2D eigenvalue weighted by molar-refractivity contribution is 5.94. The molecule has 11 nitrogen and oxygen atoms in total. The second-order valence-electron chi connectivity index (χ2n) is 10.9. The van der Waals surface area contributed by atoms with Gasteiger partial charge >= 0.3 is 0 Å². The van der Waals surface area contributed by atoms with Gasteiger partial charge in [-0.25, -0.2) is 14.1 Å². The number of fused-ring (bicyclic) bond motifs is 1. The number of amides is 1. The quantitative estimate of drug-likeness (QED) is 0.334. The number of piperidine rings is 1. The van der Waals surface area contributed by atoms with Crippen molar-refractivity contribution in [2.45, 2.75) is 31.0 Å². The molecule has 1 amide bonds. The number of aliphatic hydroxyl groups is 1. The second kappa shape index (κ2) is 10.3. The third-order valence-corrected chi connectivity index (χ3v) is 8.13. The molecule has 0 atom stereocenters. The fraction of sp³-hybridized carbons (Fsp3) is 0.300. The Morgan fingerprint density at radius 1 is 1.00 bits per heavy atom. The Bertz CT molecular complexity index is 1820. The van der Waals surface area contributed by atoms with E-state index in [4.69, 9.17) is 4.74 Å². The Morgan fingerprint density at radius 3 is 2.43 bits per heavy atom. The van der Waals surface area contributed by atoms with E-state index in [0.717, 1.165) is 16.8 Å². The molecule has 2 aromatic carbocycles. The molecule has 0 aliphatic carbocycles. The molecule has 214 valence electrons. The van der Waals surface area contributed by atoms with Crippen LogP contribution in [0.1, 0.15) is 29.2 Å². The lowest BCUT2D eigenvalue weighted by Crippen LogP contribution is -2.49. The normalized spacial score (nSPS) is 17.0. The summed E-state index contributed by atoms with van der Waals surface area (Å²) in [5.74, 6) is -0.615. The van der Waals surface area contributed by atoms with Crippen LogP contribution >= 0.6 is 0 Å². The minimum Gasteiger partial charge on any atom is -0.388 e. The van der Waals surface area contributed by atoms with Gasteiger partial charge in [-0.15, -0.1) is 0 Å². The third-order valence-electron chi connectivity index (χ3n) is 8.13. The van der Waals surface area contributed by atoms with Crippen LogP contribution in [0.3, 0.4) is 0 Å². The first-order chi connectivity index (χ1) is 20.4. The molecule has 2 aliphatic heterocycles. The molecule has 5 aromatic rings. The van der Waals surface area contributed by atoms with Crippen LogP contribution in [-0.2, 0) is 11.3 Å². The maximum atomic E-state index is 13.3. The molecule has 42 heavy (non-hydrogen) atoms. The monoisotopic (exact) mass is 569 g/mol. The van der Waals surface area contributed by atoms with E-state index in [1.807, 2.05) is 41.3 Å². The van der Waals surface area contributed by atoms with E-state index in [9.17, 15) is 19.1 Å². The van der Waals surface area contributed by atoms with Crippen molar-refractivity contribution in [3.63, 3.8) is 0 Å². The Kier molecular flexibility index (Phi) is 6.43. The van der Waals surface area contributed by atoms with Crippen LogP contribution in [0.15, 0.2) is 78.2 Å². The standard InChI is InChI=1S/C30H28FN7O4/c31-23-5-1-21(2-6-23)28(39)35-11-9-30(41,10-12-35)18-36-19-32-27-26(29(36)40)14-34-38(27)24-7-3-20(4-8-24)22-13-33-37(15-22)25-16-42-17-25/h1-8,13-15,19,25,41H,9-12,16-18H2. The van der Waals surface area contributed by atoms with Gasteiger partial charge in [-0.3, -0.25) is 18.8 Å². The van der Waals surface area contributed by atoms with Crippen molar-refractivity contribution in [1.82, 2.24) is 34.0 Å². The van der Waals surface area contributed by atoms with E-state index in [0.29, 0.717) is 55.7 Å². The van der Waals surface area contributed by atoms with Gasteiger partial charge in [0.15, 0.2) is 5.65 Å². The first-order valence-electron chi connectivity index (χ1n) is 13.8. The number of benzene rings is 2. The average Bonchev–Trinajstić information content (AvgIpc) is 3.63. The van der Waals surface area contributed by atoms with E-state index in [1.54, 1.807) is 9.58 Å². The fourth-order valence-corrected chi connectivity index (χ4v) is 5.48. The Hall–Kier alpha value is -4.68. The van der Waals surface area contributed by atoms with Crippen molar-refractivity contribution >= 4 is 16.9 Å². The van der Waals surface area contributed by atoms with Crippen LogP contribution in [0.2, 0.25) is 0 Å². The number of hydrogen-bond acceptors (Lipinski definition) is 7. The van der Waals surface area contributed by atoms with E-state index < -0.39 is 11.4 Å². The number of hydrogen-bond donors (Lipinski definition) is 1. The summed E-state index contributed by atoms with van der Waals surface area (Å²) in [4.78, 5) is 32.3. The molecule has 3 aromatic heterocycles. The van der Waals surface area contributed by atoms with Gasteiger partial charge in [-0.2, -0.15) is 10.2 Å². The second-order valence-corrected chi connectivity index (χ2v) is 10.9.